The van der Waals surface area contributed by atoms with E-state index in [9.17, 15) is 4.79 Å². The third-order valence-electron chi connectivity index (χ3n) is 3.79. The predicted octanol–water partition coefficient (Wildman–Crippen LogP) is 1.17. The number of piperidine rings is 1. The van der Waals surface area contributed by atoms with Gasteiger partial charge in [-0.1, -0.05) is 20.8 Å². The van der Waals surface area contributed by atoms with Crippen molar-refractivity contribution in [3.63, 3.8) is 0 Å². The Balaban J connectivity index is 1.84. The van der Waals surface area contributed by atoms with Crippen molar-refractivity contribution in [1.82, 2.24) is 25.4 Å². The zero-order valence-electron chi connectivity index (χ0n) is 12.9. The number of aromatic amines is 1. The summed E-state index contributed by atoms with van der Waals surface area (Å²) in [6, 6.07) is 0. The molecule has 0 atom stereocenters. The first kappa shape index (κ1) is 15.0. The van der Waals surface area contributed by atoms with Crippen molar-refractivity contribution in [3.8, 4) is 0 Å². The first-order valence-corrected chi connectivity index (χ1v) is 7.26. The van der Waals surface area contributed by atoms with Gasteiger partial charge in [-0.15, -0.1) is 5.10 Å². The van der Waals surface area contributed by atoms with E-state index in [1.165, 1.54) is 0 Å². The molecule has 0 spiro atoms. The second-order valence-electron chi connectivity index (χ2n) is 6.71. The van der Waals surface area contributed by atoms with E-state index >= 15 is 0 Å². The zero-order chi connectivity index (χ0) is 14.8. The Morgan fingerprint density at radius 1 is 1.40 bits per heavy atom. The fraction of sp³-hybridized carbons (Fsp3) is 0.786. The highest BCUT2D eigenvalue weighted by atomic mass is 16.2. The number of amides is 1. The maximum absolute atomic E-state index is 12.0. The minimum Gasteiger partial charge on any atom is -0.349 e. The van der Waals surface area contributed by atoms with Gasteiger partial charge in [-0.2, -0.15) is 0 Å². The second-order valence-corrected chi connectivity index (χ2v) is 6.71. The number of carbonyl (C=O) groups excluding carboxylic acids is 1. The fourth-order valence-electron chi connectivity index (χ4n) is 2.28. The number of nitrogens with zero attached hydrogens (tertiary/aromatic N) is 3. The van der Waals surface area contributed by atoms with Crippen molar-refractivity contribution in [2.45, 2.75) is 39.0 Å². The van der Waals surface area contributed by atoms with Gasteiger partial charge in [0.25, 0.3) is 5.91 Å². The largest absolute Gasteiger partial charge is 0.349 e. The average Bonchev–Trinajstić information content (AvgIpc) is 2.87. The lowest BCUT2D eigenvalue weighted by Crippen LogP contribution is -2.37. The first-order chi connectivity index (χ1) is 9.36. The molecule has 0 bridgehead atoms. The average molecular weight is 279 g/mol. The number of H-pyrrole nitrogens is 1. The second kappa shape index (κ2) is 5.91. The monoisotopic (exact) mass is 279 g/mol. The van der Waals surface area contributed by atoms with Crippen LogP contribution in [0.25, 0.3) is 0 Å². The first-order valence-electron chi connectivity index (χ1n) is 7.26. The molecule has 2 heterocycles. The predicted molar refractivity (Wildman–Crippen MR) is 77.6 cm³/mol. The van der Waals surface area contributed by atoms with Gasteiger partial charge in [0.15, 0.2) is 0 Å². The molecule has 6 nitrogen and oxygen atoms in total. The quantitative estimate of drug-likeness (QED) is 0.871. The summed E-state index contributed by atoms with van der Waals surface area (Å²) in [5, 5.41) is 9.79. The molecule has 0 unspecified atom stereocenters. The maximum Gasteiger partial charge on any atom is 0.290 e. The summed E-state index contributed by atoms with van der Waals surface area (Å²) in [6.45, 7) is 9.03. The minimum atomic E-state index is -0.185. The fourth-order valence-corrected chi connectivity index (χ4v) is 2.28. The van der Waals surface area contributed by atoms with Crippen LogP contribution in [-0.2, 0) is 5.41 Å². The number of aromatic nitrogens is 3. The molecule has 112 valence electrons. The van der Waals surface area contributed by atoms with Crippen LogP contribution >= 0.6 is 0 Å². The SMILES string of the molecule is CN1CCC(CNC(=O)c2n[nH]c(C(C)(C)C)n2)CC1. The smallest absolute Gasteiger partial charge is 0.290 e. The molecule has 1 fully saturated rings. The molecule has 6 heteroatoms. The van der Waals surface area contributed by atoms with Crippen LogP contribution in [0.2, 0.25) is 0 Å². The number of hydrogen-bond acceptors (Lipinski definition) is 4. The lowest BCUT2D eigenvalue weighted by atomic mass is 9.96. The van der Waals surface area contributed by atoms with E-state index < -0.39 is 0 Å². The zero-order valence-corrected chi connectivity index (χ0v) is 12.9. The number of hydrogen-bond donors (Lipinski definition) is 2. The summed E-state index contributed by atoms with van der Waals surface area (Å²) in [4.78, 5) is 18.6. The summed E-state index contributed by atoms with van der Waals surface area (Å²) in [7, 11) is 2.14. The van der Waals surface area contributed by atoms with Crippen LogP contribution in [0.1, 0.15) is 50.1 Å². The van der Waals surface area contributed by atoms with Crippen molar-refractivity contribution >= 4 is 5.91 Å². The van der Waals surface area contributed by atoms with Gasteiger partial charge in [0.05, 0.1) is 0 Å². The van der Waals surface area contributed by atoms with E-state index in [4.69, 9.17) is 0 Å². The molecule has 1 aliphatic rings. The van der Waals surface area contributed by atoms with Crippen LogP contribution in [0.15, 0.2) is 0 Å². The van der Waals surface area contributed by atoms with E-state index in [2.05, 4.69) is 32.4 Å². The normalized spacial score (nSPS) is 18.2. The Morgan fingerprint density at radius 3 is 2.60 bits per heavy atom. The highest BCUT2D eigenvalue weighted by molar-refractivity contribution is 5.90. The van der Waals surface area contributed by atoms with E-state index in [0.29, 0.717) is 12.5 Å². The van der Waals surface area contributed by atoms with Gasteiger partial charge >= 0.3 is 0 Å². The Hall–Kier alpha value is -1.43. The van der Waals surface area contributed by atoms with E-state index in [1.807, 2.05) is 20.8 Å². The van der Waals surface area contributed by atoms with E-state index in [0.717, 1.165) is 31.8 Å². The topological polar surface area (TPSA) is 73.9 Å². The molecule has 0 aliphatic carbocycles. The van der Waals surface area contributed by atoms with Crippen LogP contribution in [0.3, 0.4) is 0 Å². The number of carbonyl (C=O) groups is 1. The number of likely N-dealkylation sites (tertiary alicyclic amines) is 1. The molecule has 0 aromatic carbocycles. The van der Waals surface area contributed by atoms with Crippen LogP contribution in [0.4, 0.5) is 0 Å². The van der Waals surface area contributed by atoms with E-state index in [1.54, 1.807) is 0 Å². The summed E-state index contributed by atoms with van der Waals surface area (Å²) < 4.78 is 0. The van der Waals surface area contributed by atoms with Crippen molar-refractivity contribution in [2.24, 2.45) is 5.92 Å². The molecular weight excluding hydrogens is 254 g/mol. The third kappa shape index (κ3) is 3.79. The summed E-state index contributed by atoms with van der Waals surface area (Å²) in [6.07, 6.45) is 2.27. The molecule has 2 N–H and O–H groups in total. The summed E-state index contributed by atoms with van der Waals surface area (Å²) in [5.74, 6) is 1.36. The highest BCUT2D eigenvalue weighted by Crippen LogP contribution is 2.17. The molecule has 1 amide bonds. The molecular formula is C14H25N5O. The molecule has 1 saturated heterocycles. The molecule has 20 heavy (non-hydrogen) atoms. The van der Waals surface area contributed by atoms with Crippen molar-refractivity contribution < 1.29 is 4.79 Å². The minimum absolute atomic E-state index is 0.126. The highest BCUT2D eigenvalue weighted by Gasteiger charge is 2.22. The van der Waals surface area contributed by atoms with Gasteiger partial charge in [-0.05, 0) is 38.9 Å². The van der Waals surface area contributed by atoms with Gasteiger partial charge in [-0.3, -0.25) is 9.89 Å². The standard InChI is InChI=1S/C14H25N5O/c1-14(2,3)13-16-11(17-18-13)12(20)15-9-10-5-7-19(4)8-6-10/h10H,5-9H2,1-4H3,(H,15,20)(H,16,17,18). The van der Waals surface area contributed by atoms with Crippen LogP contribution in [-0.4, -0.2) is 52.7 Å². The molecule has 2 rings (SSSR count). The molecule has 1 aromatic heterocycles. The van der Waals surface area contributed by atoms with Crippen molar-refractivity contribution in [1.29, 1.82) is 0 Å². The Labute approximate surface area is 120 Å². The number of nitrogens with one attached hydrogen (secondary N) is 2. The van der Waals surface area contributed by atoms with Gasteiger partial charge in [-0.25, -0.2) is 4.98 Å². The molecule has 1 aromatic rings. The lowest BCUT2D eigenvalue weighted by molar-refractivity contribution is 0.0929. The Kier molecular flexibility index (Phi) is 4.42. The van der Waals surface area contributed by atoms with E-state index in [-0.39, 0.29) is 17.1 Å². The third-order valence-corrected chi connectivity index (χ3v) is 3.79. The molecule has 1 aliphatic heterocycles. The van der Waals surface area contributed by atoms with Crippen molar-refractivity contribution in [2.75, 3.05) is 26.7 Å². The van der Waals surface area contributed by atoms with Gasteiger partial charge in [0, 0.05) is 12.0 Å². The van der Waals surface area contributed by atoms with Gasteiger partial charge in [0.2, 0.25) is 5.82 Å². The number of rotatable bonds is 3. The maximum atomic E-state index is 12.0. The van der Waals surface area contributed by atoms with Gasteiger partial charge in [0.1, 0.15) is 5.82 Å². The van der Waals surface area contributed by atoms with Gasteiger partial charge < -0.3 is 10.2 Å². The Bertz CT molecular complexity index is 454. The van der Waals surface area contributed by atoms with Crippen LogP contribution in [0, 0.1) is 5.92 Å². The lowest BCUT2D eigenvalue weighted by Gasteiger charge is -2.28. The summed E-state index contributed by atoms with van der Waals surface area (Å²) >= 11 is 0. The van der Waals surface area contributed by atoms with Crippen molar-refractivity contribution in [3.05, 3.63) is 11.6 Å². The molecule has 0 radical (unpaired) electrons. The summed E-state index contributed by atoms with van der Waals surface area (Å²) in [5.41, 5.74) is -0.126. The van der Waals surface area contributed by atoms with Crippen LogP contribution in [0.5, 0.6) is 0 Å². The Morgan fingerprint density at radius 2 is 2.05 bits per heavy atom. The molecule has 0 saturated carbocycles. The van der Waals surface area contributed by atoms with Crippen LogP contribution < -0.4 is 5.32 Å².